The molecule has 4 rings (SSSR count). The minimum atomic E-state index is -1.05. The summed E-state index contributed by atoms with van der Waals surface area (Å²) in [4.78, 5) is 33.9. The molecule has 0 atom stereocenters. The summed E-state index contributed by atoms with van der Waals surface area (Å²) in [7, 11) is 0. The Labute approximate surface area is 160 Å². The van der Waals surface area contributed by atoms with Gasteiger partial charge in [-0.15, -0.1) is 0 Å². The SMILES string of the molecule is O=C(c1ccc(Cl)cc1)N1CCC(O)(Cn2cnc3[nH]ccc3c2=O)CC1. The van der Waals surface area contributed by atoms with E-state index in [1.54, 1.807) is 41.4 Å². The maximum absolute atomic E-state index is 12.6. The highest BCUT2D eigenvalue weighted by molar-refractivity contribution is 6.30. The van der Waals surface area contributed by atoms with Gasteiger partial charge in [0.15, 0.2) is 0 Å². The fourth-order valence-electron chi connectivity index (χ4n) is 3.46. The highest BCUT2D eigenvalue weighted by Gasteiger charge is 2.35. The summed E-state index contributed by atoms with van der Waals surface area (Å²) in [6.07, 6.45) is 3.90. The zero-order chi connectivity index (χ0) is 19.0. The van der Waals surface area contributed by atoms with Gasteiger partial charge in [-0.25, -0.2) is 4.98 Å². The summed E-state index contributed by atoms with van der Waals surface area (Å²) in [6.45, 7) is 1.00. The van der Waals surface area contributed by atoms with Gasteiger partial charge in [0.05, 0.1) is 23.9 Å². The van der Waals surface area contributed by atoms with E-state index in [1.807, 2.05) is 0 Å². The van der Waals surface area contributed by atoms with Crippen molar-refractivity contribution in [3.63, 3.8) is 0 Å². The highest BCUT2D eigenvalue weighted by atomic mass is 35.5. The molecular weight excluding hydrogens is 368 g/mol. The predicted molar refractivity (Wildman–Crippen MR) is 102 cm³/mol. The van der Waals surface area contributed by atoms with Crippen LogP contribution in [0.2, 0.25) is 5.02 Å². The number of aromatic amines is 1. The minimum absolute atomic E-state index is 0.0821. The van der Waals surface area contributed by atoms with Gasteiger partial charge >= 0.3 is 0 Å². The molecule has 3 aromatic rings. The Balaban J connectivity index is 1.45. The van der Waals surface area contributed by atoms with Crippen LogP contribution in [0.25, 0.3) is 11.0 Å². The Bertz CT molecular complexity index is 1030. The van der Waals surface area contributed by atoms with Crippen LogP contribution >= 0.6 is 11.6 Å². The number of amides is 1. The number of piperidine rings is 1. The van der Waals surface area contributed by atoms with E-state index in [0.29, 0.717) is 47.6 Å². The molecule has 1 amide bonds. The number of aliphatic hydroxyl groups is 1. The molecule has 2 aromatic heterocycles. The zero-order valence-corrected chi connectivity index (χ0v) is 15.3. The average Bonchev–Trinajstić information content (AvgIpc) is 3.14. The average molecular weight is 387 g/mol. The van der Waals surface area contributed by atoms with Crippen molar-refractivity contribution in [1.29, 1.82) is 0 Å². The lowest BCUT2D eigenvalue weighted by molar-refractivity contribution is -0.0299. The second-order valence-corrected chi connectivity index (χ2v) is 7.38. The molecular formula is C19H19ClN4O3. The summed E-state index contributed by atoms with van der Waals surface area (Å²) in [5.41, 5.74) is -0.129. The molecule has 27 heavy (non-hydrogen) atoms. The van der Waals surface area contributed by atoms with Gasteiger partial charge in [0.1, 0.15) is 5.65 Å². The molecule has 3 heterocycles. The van der Waals surface area contributed by atoms with Crippen molar-refractivity contribution in [3.05, 3.63) is 63.8 Å². The zero-order valence-electron chi connectivity index (χ0n) is 14.6. The van der Waals surface area contributed by atoms with Crippen LogP contribution < -0.4 is 5.56 Å². The third-order valence-corrected chi connectivity index (χ3v) is 5.33. The van der Waals surface area contributed by atoms with Crippen LogP contribution in [0, 0.1) is 0 Å². The molecule has 2 N–H and O–H groups in total. The molecule has 1 aliphatic rings. The van der Waals surface area contributed by atoms with Crippen LogP contribution in [0.4, 0.5) is 0 Å². The molecule has 0 radical (unpaired) electrons. The van der Waals surface area contributed by atoms with E-state index < -0.39 is 5.60 Å². The second kappa shape index (κ2) is 6.83. The monoisotopic (exact) mass is 386 g/mol. The number of likely N-dealkylation sites (tertiary alicyclic amines) is 1. The van der Waals surface area contributed by atoms with Gasteiger partial charge in [-0.05, 0) is 43.2 Å². The standard InChI is InChI=1S/C19H19ClN4O3/c20-14-3-1-13(2-4-14)17(25)23-9-6-19(27,7-10-23)11-24-12-22-16-15(18(24)26)5-8-21-16/h1-5,8,12,21,27H,6-7,9-11H2. The maximum Gasteiger partial charge on any atom is 0.262 e. The van der Waals surface area contributed by atoms with Gasteiger partial charge in [0.25, 0.3) is 11.5 Å². The molecule has 1 aliphatic heterocycles. The Kier molecular flexibility index (Phi) is 4.49. The highest BCUT2D eigenvalue weighted by Crippen LogP contribution is 2.25. The number of nitrogens with zero attached hydrogens (tertiary/aromatic N) is 3. The Hall–Kier alpha value is -2.64. The molecule has 0 spiro atoms. The topological polar surface area (TPSA) is 91.2 Å². The number of nitrogens with one attached hydrogen (secondary N) is 1. The van der Waals surface area contributed by atoms with Gasteiger partial charge in [-0.3, -0.25) is 14.2 Å². The largest absolute Gasteiger partial charge is 0.388 e. The van der Waals surface area contributed by atoms with Crippen molar-refractivity contribution in [2.45, 2.75) is 25.0 Å². The van der Waals surface area contributed by atoms with E-state index in [1.165, 1.54) is 10.9 Å². The molecule has 140 valence electrons. The van der Waals surface area contributed by atoms with E-state index in [0.717, 1.165) is 0 Å². The molecule has 7 nitrogen and oxygen atoms in total. The smallest absolute Gasteiger partial charge is 0.262 e. The molecule has 8 heteroatoms. The van der Waals surface area contributed by atoms with Crippen LogP contribution in [0.1, 0.15) is 23.2 Å². The summed E-state index contributed by atoms with van der Waals surface area (Å²) in [5.74, 6) is -0.0821. The van der Waals surface area contributed by atoms with Gasteiger partial charge < -0.3 is 15.0 Å². The van der Waals surface area contributed by atoms with Crippen molar-refractivity contribution >= 4 is 28.5 Å². The van der Waals surface area contributed by atoms with Crippen molar-refractivity contribution in [2.75, 3.05) is 13.1 Å². The number of hydrogen-bond acceptors (Lipinski definition) is 4. The third-order valence-electron chi connectivity index (χ3n) is 5.08. The van der Waals surface area contributed by atoms with Crippen molar-refractivity contribution in [1.82, 2.24) is 19.4 Å². The van der Waals surface area contributed by atoms with Crippen LogP contribution in [0.3, 0.4) is 0 Å². The normalized spacial score (nSPS) is 16.6. The number of aromatic nitrogens is 3. The lowest BCUT2D eigenvalue weighted by Crippen LogP contribution is -2.49. The first-order valence-electron chi connectivity index (χ1n) is 8.75. The molecule has 0 unspecified atom stereocenters. The first-order valence-corrected chi connectivity index (χ1v) is 9.13. The lowest BCUT2D eigenvalue weighted by Gasteiger charge is -2.38. The van der Waals surface area contributed by atoms with Crippen molar-refractivity contribution < 1.29 is 9.90 Å². The van der Waals surface area contributed by atoms with Gasteiger partial charge in [-0.1, -0.05) is 11.6 Å². The van der Waals surface area contributed by atoms with E-state index >= 15 is 0 Å². The number of benzene rings is 1. The number of rotatable bonds is 3. The van der Waals surface area contributed by atoms with Gasteiger partial charge in [-0.2, -0.15) is 0 Å². The maximum atomic E-state index is 12.6. The van der Waals surface area contributed by atoms with Crippen molar-refractivity contribution in [3.8, 4) is 0 Å². The second-order valence-electron chi connectivity index (χ2n) is 6.94. The third kappa shape index (κ3) is 3.48. The summed E-state index contributed by atoms with van der Waals surface area (Å²) < 4.78 is 1.44. The lowest BCUT2D eigenvalue weighted by atomic mass is 9.91. The minimum Gasteiger partial charge on any atom is -0.388 e. The summed E-state index contributed by atoms with van der Waals surface area (Å²) in [6, 6.07) is 8.45. The Morgan fingerprint density at radius 3 is 2.63 bits per heavy atom. The van der Waals surface area contributed by atoms with E-state index in [9.17, 15) is 14.7 Å². The number of hydrogen-bond donors (Lipinski definition) is 2. The number of carbonyl (C=O) groups excluding carboxylic acids is 1. The number of fused-ring (bicyclic) bond motifs is 1. The van der Waals surface area contributed by atoms with Gasteiger partial charge in [0.2, 0.25) is 0 Å². The molecule has 1 fully saturated rings. The van der Waals surface area contributed by atoms with Crippen LogP contribution in [-0.4, -0.2) is 49.1 Å². The fourth-order valence-corrected chi connectivity index (χ4v) is 3.59. The summed E-state index contributed by atoms with van der Waals surface area (Å²) >= 11 is 5.87. The predicted octanol–water partition coefficient (Wildman–Crippen LogP) is 2.05. The van der Waals surface area contributed by atoms with Crippen LogP contribution in [-0.2, 0) is 6.54 Å². The first kappa shape index (κ1) is 17.8. The Morgan fingerprint density at radius 1 is 1.22 bits per heavy atom. The molecule has 0 saturated carbocycles. The molecule has 0 bridgehead atoms. The van der Waals surface area contributed by atoms with Crippen molar-refractivity contribution in [2.24, 2.45) is 0 Å². The van der Waals surface area contributed by atoms with Crippen LogP contribution in [0.5, 0.6) is 0 Å². The van der Waals surface area contributed by atoms with E-state index in [2.05, 4.69) is 9.97 Å². The quantitative estimate of drug-likeness (QED) is 0.720. The van der Waals surface area contributed by atoms with Gasteiger partial charge in [0, 0.05) is 29.9 Å². The van der Waals surface area contributed by atoms with E-state index in [-0.39, 0.29) is 18.0 Å². The van der Waals surface area contributed by atoms with Crippen LogP contribution in [0.15, 0.2) is 47.7 Å². The number of H-pyrrole nitrogens is 1. The molecule has 1 aromatic carbocycles. The Morgan fingerprint density at radius 2 is 1.93 bits per heavy atom. The molecule has 1 saturated heterocycles. The fraction of sp³-hybridized carbons (Fsp3) is 0.316. The first-order chi connectivity index (χ1) is 13.0. The number of halogens is 1. The summed E-state index contributed by atoms with van der Waals surface area (Å²) in [5, 5.41) is 12.0. The van der Waals surface area contributed by atoms with E-state index in [4.69, 9.17) is 11.6 Å². The molecule has 0 aliphatic carbocycles. The number of carbonyl (C=O) groups is 1.